The molecule has 3 nitrogen and oxygen atoms in total. The van der Waals surface area contributed by atoms with Crippen LogP contribution in [-0.4, -0.2) is 25.0 Å². The van der Waals surface area contributed by atoms with Gasteiger partial charge in [-0.25, -0.2) is 0 Å². The monoisotopic (exact) mass is 350 g/mol. The number of amides is 1. The van der Waals surface area contributed by atoms with Crippen molar-refractivity contribution < 1.29 is 4.79 Å². The van der Waals surface area contributed by atoms with Crippen molar-refractivity contribution >= 4 is 41.5 Å². The third-order valence-electron chi connectivity index (χ3n) is 3.63. The molecule has 1 saturated carbocycles. The maximum atomic E-state index is 12.1. The van der Waals surface area contributed by atoms with Gasteiger partial charge >= 0.3 is 0 Å². The van der Waals surface area contributed by atoms with Crippen molar-refractivity contribution in [2.24, 2.45) is 5.92 Å². The van der Waals surface area contributed by atoms with Crippen LogP contribution in [0, 0.1) is 5.92 Å². The molecule has 0 aromatic heterocycles. The summed E-state index contributed by atoms with van der Waals surface area (Å²) in [6.45, 7) is 5.69. The molecule has 2 rings (SSSR count). The third-order valence-corrected chi connectivity index (χ3v) is 4.37. The van der Waals surface area contributed by atoms with E-state index in [1.807, 2.05) is 12.1 Å². The minimum absolute atomic E-state index is 0. The zero-order chi connectivity index (χ0) is 14.7. The van der Waals surface area contributed by atoms with E-state index in [-0.39, 0.29) is 30.2 Å². The molecule has 1 fully saturated rings. The van der Waals surface area contributed by atoms with Crippen molar-refractivity contribution in [1.82, 2.24) is 10.6 Å². The summed E-state index contributed by atoms with van der Waals surface area (Å²) in [7, 11) is 0. The number of benzene rings is 1. The van der Waals surface area contributed by atoms with Gasteiger partial charge in [0.15, 0.2) is 0 Å². The van der Waals surface area contributed by atoms with E-state index >= 15 is 0 Å². The van der Waals surface area contributed by atoms with Gasteiger partial charge < -0.3 is 10.6 Å². The molecule has 1 aliphatic rings. The zero-order valence-electron chi connectivity index (χ0n) is 12.2. The maximum Gasteiger partial charge on any atom is 0.223 e. The largest absolute Gasteiger partial charge is 0.354 e. The Hall–Kier alpha value is -0.480. The molecule has 1 aliphatic carbocycles. The lowest BCUT2D eigenvalue weighted by Crippen LogP contribution is -2.39. The molecule has 6 heteroatoms. The molecule has 21 heavy (non-hydrogen) atoms. The average molecular weight is 352 g/mol. The fourth-order valence-corrected chi connectivity index (χ4v) is 2.71. The van der Waals surface area contributed by atoms with Crippen molar-refractivity contribution in [2.75, 3.05) is 13.1 Å². The molecule has 1 aromatic rings. The van der Waals surface area contributed by atoms with Gasteiger partial charge in [-0.3, -0.25) is 4.79 Å². The standard InChI is InChI=1S/C15H20Cl2N2O.ClH/c1-3-18-9(2)8-19-15(20)12-7-11(12)10-4-5-13(16)14(17)6-10;/h4-6,9,11-12,18H,3,7-8H2,1-2H3,(H,19,20);1H/t9-,11?,12?;/m1./s1. The van der Waals surface area contributed by atoms with Crippen LogP contribution in [0.5, 0.6) is 0 Å². The number of carbonyl (C=O) groups excluding carboxylic acids is 1. The van der Waals surface area contributed by atoms with Crippen molar-refractivity contribution in [3.8, 4) is 0 Å². The second-order valence-corrected chi connectivity index (χ2v) is 6.14. The molecule has 1 amide bonds. The minimum atomic E-state index is 0. The number of likely N-dealkylation sites (N-methyl/N-ethyl adjacent to an activating group) is 1. The Balaban J connectivity index is 0.00000220. The SMILES string of the molecule is CCN[C@H](C)CNC(=O)C1CC1c1ccc(Cl)c(Cl)c1.Cl. The van der Waals surface area contributed by atoms with Gasteiger partial charge in [0.05, 0.1) is 10.0 Å². The quantitative estimate of drug-likeness (QED) is 0.821. The number of carbonyl (C=O) groups is 1. The molecule has 0 saturated heterocycles. The fraction of sp³-hybridized carbons (Fsp3) is 0.533. The van der Waals surface area contributed by atoms with E-state index in [2.05, 4.69) is 24.5 Å². The molecule has 2 unspecified atom stereocenters. The topological polar surface area (TPSA) is 41.1 Å². The third kappa shape index (κ3) is 5.03. The number of hydrogen-bond acceptors (Lipinski definition) is 2. The number of halogens is 3. The Morgan fingerprint density at radius 2 is 2.10 bits per heavy atom. The highest BCUT2D eigenvalue weighted by molar-refractivity contribution is 6.42. The summed E-state index contributed by atoms with van der Waals surface area (Å²) in [6, 6.07) is 5.90. The Morgan fingerprint density at radius 3 is 2.71 bits per heavy atom. The molecular formula is C15H21Cl3N2O. The summed E-state index contributed by atoms with van der Waals surface area (Å²) in [4.78, 5) is 12.1. The molecule has 1 aromatic carbocycles. The first-order valence-electron chi connectivity index (χ1n) is 6.99. The first-order valence-corrected chi connectivity index (χ1v) is 7.74. The summed E-state index contributed by atoms with van der Waals surface area (Å²) >= 11 is 11.9. The predicted octanol–water partition coefficient (Wildman–Crippen LogP) is 3.63. The lowest BCUT2D eigenvalue weighted by molar-refractivity contribution is -0.122. The van der Waals surface area contributed by atoms with Crippen LogP contribution >= 0.6 is 35.6 Å². The summed E-state index contributed by atoms with van der Waals surface area (Å²) in [5.74, 6) is 0.478. The van der Waals surface area contributed by atoms with Crippen molar-refractivity contribution in [3.05, 3.63) is 33.8 Å². The van der Waals surface area contributed by atoms with Gasteiger partial charge in [-0.15, -0.1) is 12.4 Å². The van der Waals surface area contributed by atoms with Crippen LogP contribution in [0.15, 0.2) is 18.2 Å². The molecular weight excluding hydrogens is 331 g/mol. The van der Waals surface area contributed by atoms with Crippen LogP contribution in [0.3, 0.4) is 0 Å². The summed E-state index contributed by atoms with van der Waals surface area (Å²) in [6.07, 6.45) is 0.888. The lowest BCUT2D eigenvalue weighted by atomic mass is 10.1. The van der Waals surface area contributed by atoms with Crippen LogP contribution in [-0.2, 0) is 4.79 Å². The molecule has 0 aliphatic heterocycles. The maximum absolute atomic E-state index is 12.1. The Bertz CT molecular complexity index is 496. The van der Waals surface area contributed by atoms with Gasteiger partial charge in [0.25, 0.3) is 0 Å². The van der Waals surface area contributed by atoms with Gasteiger partial charge in [-0.05, 0) is 43.5 Å². The van der Waals surface area contributed by atoms with Crippen LogP contribution in [0.2, 0.25) is 10.0 Å². The second kappa shape index (κ2) is 8.23. The summed E-state index contributed by atoms with van der Waals surface area (Å²) < 4.78 is 0. The highest BCUT2D eigenvalue weighted by Crippen LogP contribution is 2.48. The normalized spacial score (nSPS) is 21.3. The second-order valence-electron chi connectivity index (χ2n) is 5.33. The number of nitrogens with one attached hydrogen (secondary N) is 2. The molecule has 2 N–H and O–H groups in total. The van der Waals surface area contributed by atoms with Gasteiger partial charge in [0.1, 0.15) is 0 Å². The van der Waals surface area contributed by atoms with Crippen molar-refractivity contribution in [2.45, 2.75) is 32.2 Å². The van der Waals surface area contributed by atoms with Crippen LogP contribution in [0.1, 0.15) is 31.7 Å². The summed E-state index contributed by atoms with van der Waals surface area (Å²) in [5.41, 5.74) is 1.10. The Kier molecular flexibility index (Phi) is 7.28. The lowest BCUT2D eigenvalue weighted by Gasteiger charge is -2.13. The van der Waals surface area contributed by atoms with E-state index in [1.54, 1.807) is 6.07 Å². The van der Waals surface area contributed by atoms with E-state index in [0.29, 0.717) is 22.6 Å². The van der Waals surface area contributed by atoms with Crippen LogP contribution in [0.4, 0.5) is 0 Å². The van der Waals surface area contributed by atoms with Gasteiger partial charge in [0, 0.05) is 18.5 Å². The fourth-order valence-electron chi connectivity index (χ4n) is 2.40. The van der Waals surface area contributed by atoms with E-state index in [4.69, 9.17) is 23.2 Å². The predicted molar refractivity (Wildman–Crippen MR) is 90.7 cm³/mol. The number of hydrogen-bond donors (Lipinski definition) is 2. The van der Waals surface area contributed by atoms with Crippen molar-refractivity contribution in [1.29, 1.82) is 0 Å². The highest BCUT2D eigenvalue weighted by atomic mass is 35.5. The minimum Gasteiger partial charge on any atom is -0.354 e. The van der Waals surface area contributed by atoms with Crippen molar-refractivity contribution in [3.63, 3.8) is 0 Å². The van der Waals surface area contributed by atoms with E-state index in [0.717, 1.165) is 18.5 Å². The first kappa shape index (κ1) is 18.6. The molecule has 0 bridgehead atoms. The van der Waals surface area contributed by atoms with Gasteiger partial charge in [-0.1, -0.05) is 36.2 Å². The highest BCUT2D eigenvalue weighted by Gasteiger charge is 2.43. The molecule has 118 valence electrons. The Morgan fingerprint density at radius 1 is 1.38 bits per heavy atom. The number of rotatable bonds is 6. The van der Waals surface area contributed by atoms with Gasteiger partial charge in [0.2, 0.25) is 5.91 Å². The zero-order valence-corrected chi connectivity index (χ0v) is 14.5. The smallest absolute Gasteiger partial charge is 0.223 e. The van der Waals surface area contributed by atoms with Crippen LogP contribution < -0.4 is 10.6 Å². The van der Waals surface area contributed by atoms with E-state index in [9.17, 15) is 4.79 Å². The average Bonchev–Trinajstić information content (AvgIpc) is 3.20. The first-order chi connectivity index (χ1) is 9.52. The molecule has 0 heterocycles. The van der Waals surface area contributed by atoms with Crippen LogP contribution in [0.25, 0.3) is 0 Å². The molecule has 0 spiro atoms. The molecule has 3 atom stereocenters. The van der Waals surface area contributed by atoms with E-state index in [1.165, 1.54) is 0 Å². The van der Waals surface area contributed by atoms with Gasteiger partial charge in [-0.2, -0.15) is 0 Å². The van der Waals surface area contributed by atoms with E-state index < -0.39 is 0 Å². The summed E-state index contributed by atoms with van der Waals surface area (Å²) in [5, 5.41) is 7.37. The Labute approximate surface area is 142 Å². The molecule has 0 radical (unpaired) electrons.